The molecular formula is C12H19N3O2. The van der Waals surface area contributed by atoms with Crippen LogP contribution < -0.4 is 15.2 Å². The highest BCUT2D eigenvalue weighted by molar-refractivity contribution is 5.82. The molecular weight excluding hydrogens is 218 g/mol. The van der Waals surface area contributed by atoms with E-state index in [2.05, 4.69) is 5.10 Å². The van der Waals surface area contributed by atoms with Gasteiger partial charge in [-0.2, -0.15) is 5.10 Å². The highest BCUT2D eigenvalue weighted by Gasteiger charge is 2.05. The van der Waals surface area contributed by atoms with Crippen LogP contribution in [0, 0.1) is 0 Å². The van der Waals surface area contributed by atoms with Crippen LogP contribution in [0.2, 0.25) is 0 Å². The third-order valence-corrected chi connectivity index (χ3v) is 2.16. The number of nitrogens with zero attached hydrogens (tertiary/aromatic N) is 2. The van der Waals surface area contributed by atoms with E-state index in [-0.39, 0.29) is 0 Å². The third kappa shape index (κ3) is 3.86. The average molecular weight is 237 g/mol. The summed E-state index contributed by atoms with van der Waals surface area (Å²) < 4.78 is 10.4. The Bertz CT molecular complexity index is 403. The quantitative estimate of drug-likeness (QED) is 0.473. The topological polar surface area (TPSA) is 60.1 Å². The van der Waals surface area contributed by atoms with Crippen LogP contribution in [0.5, 0.6) is 11.5 Å². The highest BCUT2D eigenvalue weighted by Crippen LogP contribution is 2.27. The molecule has 0 fully saturated rings. The van der Waals surface area contributed by atoms with Crippen LogP contribution >= 0.6 is 0 Å². The fraction of sp³-hybridized carbons (Fsp3) is 0.417. The lowest BCUT2D eigenvalue weighted by molar-refractivity contribution is 0.354. The lowest BCUT2D eigenvalue weighted by atomic mass is 10.1. The molecule has 0 heterocycles. The van der Waals surface area contributed by atoms with Crippen molar-refractivity contribution in [1.82, 2.24) is 5.01 Å². The van der Waals surface area contributed by atoms with Crippen molar-refractivity contribution in [2.45, 2.75) is 6.42 Å². The average Bonchev–Trinajstić information content (AvgIpc) is 2.27. The Kier molecular flexibility index (Phi) is 4.63. The van der Waals surface area contributed by atoms with Crippen molar-refractivity contribution >= 4 is 5.84 Å². The van der Waals surface area contributed by atoms with Crippen LogP contribution in [0.25, 0.3) is 0 Å². The predicted molar refractivity (Wildman–Crippen MR) is 68.6 cm³/mol. The second-order valence-electron chi connectivity index (χ2n) is 3.80. The first-order chi connectivity index (χ1) is 8.06. The molecule has 5 heteroatoms. The van der Waals surface area contributed by atoms with Crippen LogP contribution in [-0.2, 0) is 6.42 Å². The summed E-state index contributed by atoms with van der Waals surface area (Å²) in [5, 5.41) is 5.80. The van der Waals surface area contributed by atoms with Crippen LogP contribution in [0.4, 0.5) is 0 Å². The van der Waals surface area contributed by atoms with Gasteiger partial charge < -0.3 is 20.2 Å². The van der Waals surface area contributed by atoms with Gasteiger partial charge in [0.2, 0.25) is 0 Å². The Morgan fingerprint density at radius 3 is 2.41 bits per heavy atom. The van der Waals surface area contributed by atoms with Crippen molar-refractivity contribution < 1.29 is 9.47 Å². The lowest BCUT2D eigenvalue weighted by Gasteiger charge is -2.10. The van der Waals surface area contributed by atoms with Crippen LogP contribution in [0.1, 0.15) is 5.56 Å². The van der Waals surface area contributed by atoms with Gasteiger partial charge in [-0.3, -0.25) is 0 Å². The SMILES string of the molecule is COc1ccc(C/C(N)=N/N(C)C)cc1OC. The monoisotopic (exact) mass is 237 g/mol. The Morgan fingerprint density at radius 1 is 1.24 bits per heavy atom. The highest BCUT2D eigenvalue weighted by atomic mass is 16.5. The maximum absolute atomic E-state index is 5.81. The number of amidine groups is 1. The molecule has 0 radical (unpaired) electrons. The molecule has 1 aromatic rings. The van der Waals surface area contributed by atoms with E-state index in [9.17, 15) is 0 Å². The predicted octanol–water partition coefficient (Wildman–Crippen LogP) is 1.08. The summed E-state index contributed by atoms with van der Waals surface area (Å²) in [6.07, 6.45) is 0.582. The zero-order chi connectivity index (χ0) is 12.8. The van der Waals surface area contributed by atoms with Gasteiger partial charge in [-0.05, 0) is 17.7 Å². The van der Waals surface area contributed by atoms with E-state index in [1.165, 1.54) is 0 Å². The van der Waals surface area contributed by atoms with Crippen molar-refractivity contribution in [2.75, 3.05) is 28.3 Å². The molecule has 0 aliphatic heterocycles. The van der Waals surface area contributed by atoms with Crippen LogP contribution in [-0.4, -0.2) is 39.2 Å². The molecule has 2 N–H and O–H groups in total. The first kappa shape index (κ1) is 13.2. The summed E-state index contributed by atoms with van der Waals surface area (Å²) in [7, 11) is 6.89. The maximum Gasteiger partial charge on any atom is 0.161 e. The maximum atomic E-state index is 5.81. The molecule has 17 heavy (non-hydrogen) atoms. The fourth-order valence-electron chi connectivity index (χ4n) is 1.49. The molecule has 1 rings (SSSR count). The van der Waals surface area contributed by atoms with Gasteiger partial charge in [-0.1, -0.05) is 6.07 Å². The Hall–Kier alpha value is -1.91. The van der Waals surface area contributed by atoms with Gasteiger partial charge in [0.05, 0.1) is 14.2 Å². The molecule has 0 saturated carbocycles. The molecule has 0 amide bonds. The summed E-state index contributed by atoms with van der Waals surface area (Å²) in [6.45, 7) is 0. The Labute approximate surface area is 102 Å². The zero-order valence-corrected chi connectivity index (χ0v) is 10.7. The number of hydrogen-bond acceptors (Lipinski definition) is 4. The van der Waals surface area contributed by atoms with Gasteiger partial charge in [-0.15, -0.1) is 0 Å². The van der Waals surface area contributed by atoms with Gasteiger partial charge in [0.15, 0.2) is 11.5 Å². The van der Waals surface area contributed by atoms with Gasteiger partial charge in [-0.25, -0.2) is 0 Å². The molecule has 0 saturated heterocycles. The molecule has 0 aromatic heterocycles. The van der Waals surface area contributed by atoms with Crippen LogP contribution in [0.15, 0.2) is 23.3 Å². The number of methoxy groups -OCH3 is 2. The molecule has 5 nitrogen and oxygen atoms in total. The fourth-order valence-corrected chi connectivity index (χ4v) is 1.49. The van der Waals surface area contributed by atoms with E-state index in [0.29, 0.717) is 23.8 Å². The Balaban J connectivity index is 2.86. The van der Waals surface area contributed by atoms with Gasteiger partial charge in [0, 0.05) is 20.5 Å². The molecule has 0 aliphatic rings. The summed E-state index contributed by atoms with van der Waals surface area (Å²) in [6, 6.07) is 5.70. The van der Waals surface area contributed by atoms with E-state index in [1.807, 2.05) is 32.3 Å². The molecule has 0 spiro atoms. The third-order valence-electron chi connectivity index (χ3n) is 2.16. The van der Waals surface area contributed by atoms with E-state index >= 15 is 0 Å². The minimum atomic E-state index is 0.558. The number of nitrogens with two attached hydrogens (primary N) is 1. The number of hydrazone groups is 1. The van der Waals surface area contributed by atoms with E-state index in [1.54, 1.807) is 19.2 Å². The van der Waals surface area contributed by atoms with Crippen molar-refractivity contribution in [1.29, 1.82) is 0 Å². The van der Waals surface area contributed by atoms with E-state index in [4.69, 9.17) is 15.2 Å². The number of hydrogen-bond donors (Lipinski definition) is 1. The minimum Gasteiger partial charge on any atom is -0.493 e. The van der Waals surface area contributed by atoms with Crippen molar-refractivity contribution in [2.24, 2.45) is 10.8 Å². The van der Waals surface area contributed by atoms with Crippen LogP contribution in [0.3, 0.4) is 0 Å². The minimum absolute atomic E-state index is 0.558. The van der Waals surface area contributed by atoms with Gasteiger partial charge in [0.25, 0.3) is 0 Å². The van der Waals surface area contributed by atoms with E-state index in [0.717, 1.165) is 5.56 Å². The van der Waals surface area contributed by atoms with Gasteiger partial charge >= 0.3 is 0 Å². The molecule has 0 bridgehead atoms. The van der Waals surface area contributed by atoms with E-state index < -0.39 is 0 Å². The summed E-state index contributed by atoms with van der Waals surface area (Å²) >= 11 is 0. The Morgan fingerprint density at radius 2 is 1.88 bits per heavy atom. The normalized spacial score (nSPS) is 11.2. The first-order valence-corrected chi connectivity index (χ1v) is 5.28. The molecule has 0 unspecified atom stereocenters. The van der Waals surface area contributed by atoms with Crippen molar-refractivity contribution in [3.63, 3.8) is 0 Å². The smallest absolute Gasteiger partial charge is 0.161 e. The molecule has 94 valence electrons. The van der Waals surface area contributed by atoms with Crippen molar-refractivity contribution in [3.8, 4) is 11.5 Å². The summed E-state index contributed by atoms with van der Waals surface area (Å²) in [4.78, 5) is 0. The molecule has 0 atom stereocenters. The standard InChI is InChI=1S/C12H19N3O2/c1-15(2)14-12(13)8-9-5-6-10(16-3)11(7-9)17-4/h5-7H,8H2,1-4H3,(H2,13,14). The lowest BCUT2D eigenvalue weighted by Crippen LogP contribution is -2.19. The largest absolute Gasteiger partial charge is 0.493 e. The first-order valence-electron chi connectivity index (χ1n) is 5.28. The number of rotatable bonds is 5. The summed E-state index contributed by atoms with van der Waals surface area (Å²) in [5.41, 5.74) is 6.84. The summed E-state index contributed by atoms with van der Waals surface area (Å²) in [5.74, 6) is 1.96. The molecule has 0 aliphatic carbocycles. The second-order valence-corrected chi connectivity index (χ2v) is 3.80. The van der Waals surface area contributed by atoms with Crippen molar-refractivity contribution in [3.05, 3.63) is 23.8 Å². The zero-order valence-electron chi connectivity index (χ0n) is 10.7. The molecule has 1 aromatic carbocycles. The number of benzene rings is 1. The second kappa shape index (κ2) is 5.98. The number of ether oxygens (including phenoxy) is 2. The van der Waals surface area contributed by atoms with Gasteiger partial charge in [0.1, 0.15) is 5.84 Å².